The van der Waals surface area contributed by atoms with E-state index >= 15 is 0 Å². The SMILES string of the molecule is Cn1nc(C(=O)N2CCN(Cc3ccc(F)cc3)CC2)cc1NC(=O)c1ccccc1. The summed E-state index contributed by atoms with van der Waals surface area (Å²) in [5.41, 5.74) is 1.89. The number of carbonyl (C=O) groups is 2. The molecule has 3 aromatic rings. The van der Waals surface area contributed by atoms with E-state index in [2.05, 4.69) is 15.3 Å². The van der Waals surface area contributed by atoms with Crippen LogP contribution in [0.3, 0.4) is 0 Å². The second kappa shape index (κ2) is 9.09. The summed E-state index contributed by atoms with van der Waals surface area (Å²) in [6.07, 6.45) is 0. The fourth-order valence-corrected chi connectivity index (χ4v) is 3.59. The molecule has 1 saturated heterocycles. The molecule has 0 spiro atoms. The number of rotatable bonds is 5. The Morgan fingerprint density at radius 3 is 2.35 bits per heavy atom. The standard InChI is InChI=1S/C23H24FN5O2/c1-27-21(25-22(30)18-5-3-2-4-6-18)15-20(26-27)23(31)29-13-11-28(12-14-29)16-17-7-9-19(24)10-8-17/h2-10,15H,11-14,16H2,1H3,(H,25,30). The van der Waals surface area contributed by atoms with E-state index < -0.39 is 0 Å². The zero-order chi connectivity index (χ0) is 21.8. The van der Waals surface area contributed by atoms with Crippen LogP contribution in [0.2, 0.25) is 0 Å². The minimum absolute atomic E-state index is 0.155. The van der Waals surface area contributed by atoms with Crippen molar-refractivity contribution < 1.29 is 14.0 Å². The van der Waals surface area contributed by atoms with Crippen molar-refractivity contribution in [3.8, 4) is 0 Å². The van der Waals surface area contributed by atoms with Gasteiger partial charge in [-0.05, 0) is 29.8 Å². The zero-order valence-corrected chi connectivity index (χ0v) is 17.3. The number of piperazine rings is 1. The summed E-state index contributed by atoms with van der Waals surface area (Å²) in [5, 5.41) is 7.09. The number of hydrogen-bond donors (Lipinski definition) is 1. The molecule has 160 valence electrons. The third kappa shape index (κ3) is 4.97. The molecule has 2 aromatic carbocycles. The highest BCUT2D eigenvalue weighted by Crippen LogP contribution is 2.15. The maximum Gasteiger partial charge on any atom is 0.274 e. The quantitative estimate of drug-likeness (QED) is 0.688. The van der Waals surface area contributed by atoms with E-state index in [1.165, 1.54) is 16.8 Å². The van der Waals surface area contributed by atoms with Gasteiger partial charge in [0.2, 0.25) is 0 Å². The Morgan fingerprint density at radius 1 is 1.00 bits per heavy atom. The molecule has 2 amide bonds. The van der Waals surface area contributed by atoms with Gasteiger partial charge >= 0.3 is 0 Å². The first-order valence-electron chi connectivity index (χ1n) is 10.2. The normalized spacial score (nSPS) is 14.5. The summed E-state index contributed by atoms with van der Waals surface area (Å²) in [4.78, 5) is 29.3. The summed E-state index contributed by atoms with van der Waals surface area (Å²) < 4.78 is 14.6. The average Bonchev–Trinajstić information content (AvgIpc) is 3.16. The van der Waals surface area contributed by atoms with Crippen LogP contribution in [0.25, 0.3) is 0 Å². The van der Waals surface area contributed by atoms with Gasteiger partial charge in [0, 0.05) is 51.4 Å². The van der Waals surface area contributed by atoms with Gasteiger partial charge in [0.15, 0.2) is 5.69 Å². The third-order valence-electron chi connectivity index (χ3n) is 5.36. The van der Waals surface area contributed by atoms with E-state index in [-0.39, 0.29) is 17.6 Å². The molecule has 8 heteroatoms. The summed E-state index contributed by atoms with van der Waals surface area (Å²) >= 11 is 0. The van der Waals surface area contributed by atoms with Gasteiger partial charge in [0.25, 0.3) is 11.8 Å². The van der Waals surface area contributed by atoms with Crippen LogP contribution in [-0.2, 0) is 13.6 Å². The van der Waals surface area contributed by atoms with Crippen LogP contribution in [0.1, 0.15) is 26.4 Å². The highest BCUT2D eigenvalue weighted by atomic mass is 19.1. The van der Waals surface area contributed by atoms with E-state index in [4.69, 9.17) is 0 Å². The number of nitrogens with one attached hydrogen (secondary N) is 1. The lowest BCUT2D eigenvalue weighted by Crippen LogP contribution is -2.48. The van der Waals surface area contributed by atoms with Crippen molar-refractivity contribution in [3.63, 3.8) is 0 Å². The van der Waals surface area contributed by atoms with E-state index in [9.17, 15) is 14.0 Å². The number of benzene rings is 2. The van der Waals surface area contributed by atoms with E-state index in [1.807, 2.05) is 6.07 Å². The molecule has 1 fully saturated rings. The van der Waals surface area contributed by atoms with Gasteiger partial charge in [0.05, 0.1) is 0 Å². The van der Waals surface area contributed by atoms with Gasteiger partial charge < -0.3 is 10.2 Å². The van der Waals surface area contributed by atoms with Crippen molar-refractivity contribution >= 4 is 17.6 Å². The van der Waals surface area contributed by atoms with Crippen molar-refractivity contribution in [2.75, 3.05) is 31.5 Å². The topological polar surface area (TPSA) is 70.5 Å². The Labute approximate surface area is 180 Å². The van der Waals surface area contributed by atoms with Crippen molar-refractivity contribution in [1.82, 2.24) is 19.6 Å². The number of hydrogen-bond acceptors (Lipinski definition) is 4. The first-order chi connectivity index (χ1) is 15.0. The second-order valence-electron chi connectivity index (χ2n) is 7.55. The maximum atomic E-state index is 13.1. The molecule has 0 atom stereocenters. The summed E-state index contributed by atoms with van der Waals surface area (Å²) in [6.45, 7) is 3.35. The second-order valence-corrected chi connectivity index (χ2v) is 7.55. The van der Waals surface area contributed by atoms with Gasteiger partial charge in [-0.15, -0.1) is 0 Å². The molecular formula is C23H24FN5O2. The summed E-state index contributed by atoms with van der Waals surface area (Å²) in [5.74, 6) is -0.185. The first kappa shape index (κ1) is 20.7. The molecule has 0 aliphatic carbocycles. The number of aromatic nitrogens is 2. The lowest BCUT2D eigenvalue weighted by atomic mass is 10.2. The minimum atomic E-state index is -0.253. The number of halogens is 1. The molecule has 31 heavy (non-hydrogen) atoms. The smallest absolute Gasteiger partial charge is 0.274 e. The van der Waals surface area contributed by atoms with Crippen molar-refractivity contribution in [1.29, 1.82) is 0 Å². The molecule has 0 unspecified atom stereocenters. The highest BCUT2D eigenvalue weighted by molar-refractivity contribution is 6.04. The first-order valence-corrected chi connectivity index (χ1v) is 10.2. The summed E-state index contributed by atoms with van der Waals surface area (Å²) in [6, 6.07) is 17.0. The Hall–Kier alpha value is -3.52. The van der Waals surface area contributed by atoms with Crippen LogP contribution in [0.15, 0.2) is 60.7 Å². The van der Waals surface area contributed by atoms with Crippen LogP contribution < -0.4 is 5.32 Å². The van der Waals surface area contributed by atoms with E-state index in [1.54, 1.807) is 54.4 Å². The lowest BCUT2D eigenvalue weighted by molar-refractivity contribution is 0.0622. The largest absolute Gasteiger partial charge is 0.335 e. The van der Waals surface area contributed by atoms with Gasteiger partial charge in [-0.25, -0.2) is 4.39 Å². The maximum absolute atomic E-state index is 13.1. The van der Waals surface area contributed by atoms with Gasteiger partial charge in [-0.1, -0.05) is 30.3 Å². The van der Waals surface area contributed by atoms with Crippen molar-refractivity contribution in [3.05, 3.63) is 83.3 Å². The zero-order valence-electron chi connectivity index (χ0n) is 17.3. The third-order valence-corrected chi connectivity index (χ3v) is 5.36. The van der Waals surface area contributed by atoms with Crippen molar-refractivity contribution in [2.24, 2.45) is 7.05 Å². The summed E-state index contributed by atoms with van der Waals surface area (Å²) in [7, 11) is 1.69. The Kier molecular flexibility index (Phi) is 6.08. The fraction of sp³-hybridized carbons (Fsp3) is 0.261. The van der Waals surface area contributed by atoms with E-state index in [0.717, 1.165) is 25.2 Å². The highest BCUT2D eigenvalue weighted by Gasteiger charge is 2.25. The van der Waals surface area contributed by atoms with Crippen LogP contribution in [-0.4, -0.2) is 57.6 Å². The molecule has 2 heterocycles. The number of carbonyl (C=O) groups excluding carboxylic acids is 2. The molecule has 1 aliphatic heterocycles. The van der Waals surface area contributed by atoms with Gasteiger partial charge in [-0.2, -0.15) is 5.10 Å². The molecule has 0 bridgehead atoms. The monoisotopic (exact) mass is 421 g/mol. The van der Waals surface area contributed by atoms with Crippen molar-refractivity contribution in [2.45, 2.75) is 6.54 Å². The minimum Gasteiger partial charge on any atom is -0.335 e. The van der Waals surface area contributed by atoms with Crippen LogP contribution in [0.4, 0.5) is 10.2 Å². The Balaban J connectivity index is 1.34. The Bertz CT molecular complexity index is 1060. The van der Waals surface area contributed by atoms with Gasteiger partial charge in [0.1, 0.15) is 11.6 Å². The van der Waals surface area contributed by atoms with E-state index in [0.29, 0.717) is 30.2 Å². The Morgan fingerprint density at radius 2 is 1.68 bits per heavy atom. The molecule has 0 radical (unpaired) electrons. The molecule has 0 saturated carbocycles. The van der Waals surface area contributed by atoms with Crippen LogP contribution >= 0.6 is 0 Å². The molecule has 7 nitrogen and oxygen atoms in total. The molecular weight excluding hydrogens is 397 g/mol. The number of amides is 2. The van der Waals surface area contributed by atoms with Crippen LogP contribution in [0.5, 0.6) is 0 Å². The predicted octanol–water partition coefficient (Wildman–Crippen LogP) is 2.77. The van der Waals surface area contributed by atoms with Crippen LogP contribution in [0, 0.1) is 5.82 Å². The lowest BCUT2D eigenvalue weighted by Gasteiger charge is -2.34. The average molecular weight is 421 g/mol. The van der Waals surface area contributed by atoms with Gasteiger partial charge in [-0.3, -0.25) is 19.2 Å². The predicted molar refractivity (Wildman–Crippen MR) is 115 cm³/mol. The number of anilines is 1. The fourth-order valence-electron chi connectivity index (χ4n) is 3.59. The molecule has 4 rings (SSSR count). The molecule has 1 aliphatic rings. The molecule has 1 aromatic heterocycles. The molecule has 1 N–H and O–H groups in total. The number of nitrogens with zero attached hydrogens (tertiary/aromatic N) is 4. The number of aryl methyl sites for hydroxylation is 1.